The number of carbonyl (C=O) groups is 1. The normalized spacial score (nSPS) is 13.4. The van der Waals surface area contributed by atoms with E-state index < -0.39 is 21.0 Å². The van der Waals surface area contributed by atoms with Gasteiger partial charge in [0.15, 0.2) is 9.84 Å². The van der Waals surface area contributed by atoms with Crippen LogP contribution in [0.2, 0.25) is 0 Å². The minimum atomic E-state index is -3.76. The predicted molar refractivity (Wildman–Crippen MR) is 64.4 cm³/mol. The van der Waals surface area contributed by atoms with Crippen LogP contribution in [-0.4, -0.2) is 19.6 Å². The van der Waals surface area contributed by atoms with Gasteiger partial charge in [0.05, 0.1) is 4.90 Å². The largest absolute Gasteiger partial charge is 0.399 e. The average molecular weight is 307 g/mol. The number of halogens is 1. The van der Waals surface area contributed by atoms with E-state index in [9.17, 15) is 13.2 Å². The van der Waals surface area contributed by atoms with Gasteiger partial charge in [-0.1, -0.05) is 0 Å². The zero-order valence-electron chi connectivity index (χ0n) is 8.48. The lowest BCUT2D eigenvalue weighted by atomic mass is 10.3. The minimum Gasteiger partial charge on any atom is -0.399 e. The van der Waals surface area contributed by atoms with Gasteiger partial charge in [0.25, 0.3) is 0 Å². The van der Waals surface area contributed by atoms with Gasteiger partial charge < -0.3 is 11.5 Å². The molecule has 4 N–H and O–H groups in total. The zero-order chi connectivity index (χ0) is 12.5. The third-order valence-electron chi connectivity index (χ3n) is 2.13. The Labute approximate surface area is 102 Å². The van der Waals surface area contributed by atoms with Gasteiger partial charge in [-0.25, -0.2) is 8.42 Å². The Kier molecular flexibility index (Phi) is 3.59. The smallest absolute Gasteiger partial charge is 0.235 e. The molecule has 5 nitrogen and oxygen atoms in total. The van der Waals surface area contributed by atoms with Crippen molar-refractivity contribution in [3.8, 4) is 0 Å². The third kappa shape index (κ3) is 2.35. The average Bonchev–Trinajstić information content (AvgIpc) is 2.15. The molecule has 1 atom stereocenters. The lowest BCUT2D eigenvalue weighted by Crippen LogP contribution is -2.33. The van der Waals surface area contributed by atoms with Gasteiger partial charge in [-0.15, -0.1) is 0 Å². The molecule has 1 aromatic rings. The summed E-state index contributed by atoms with van der Waals surface area (Å²) < 4.78 is 24.2. The Balaban J connectivity index is 3.33. The molecular formula is C9H11BrN2O3S. The van der Waals surface area contributed by atoms with E-state index in [1.165, 1.54) is 25.1 Å². The number of primary amides is 1. The first-order valence-electron chi connectivity index (χ1n) is 4.35. The highest BCUT2D eigenvalue weighted by atomic mass is 79.9. The maximum Gasteiger partial charge on any atom is 0.235 e. The first-order chi connectivity index (χ1) is 7.26. The standard InChI is InChI=1S/C9H11BrN2O3S/c1-5(9(12)13)16(14,15)8-3-2-6(11)4-7(8)10/h2-5H,11H2,1H3,(H2,12,13). The summed E-state index contributed by atoms with van der Waals surface area (Å²) in [5.74, 6) is -0.885. The van der Waals surface area contributed by atoms with Crippen molar-refractivity contribution in [1.29, 1.82) is 0 Å². The van der Waals surface area contributed by atoms with Crippen molar-refractivity contribution in [2.75, 3.05) is 5.73 Å². The molecule has 0 aliphatic heterocycles. The molecule has 0 heterocycles. The molecule has 1 rings (SSSR count). The summed E-state index contributed by atoms with van der Waals surface area (Å²) >= 11 is 3.09. The molecule has 1 unspecified atom stereocenters. The minimum absolute atomic E-state index is 0.00741. The van der Waals surface area contributed by atoms with E-state index in [0.29, 0.717) is 10.2 Å². The van der Waals surface area contributed by atoms with E-state index in [1.807, 2.05) is 0 Å². The predicted octanol–water partition coefficient (Wildman–Crippen LogP) is 0.679. The molecule has 16 heavy (non-hydrogen) atoms. The number of sulfone groups is 1. The van der Waals surface area contributed by atoms with E-state index in [1.54, 1.807) is 0 Å². The van der Waals surface area contributed by atoms with Crippen molar-refractivity contribution in [1.82, 2.24) is 0 Å². The molecular weight excluding hydrogens is 296 g/mol. The number of hydrogen-bond donors (Lipinski definition) is 2. The van der Waals surface area contributed by atoms with Gasteiger partial charge in [0.1, 0.15) is 5.25 Å². The van der Waals surface area contributed by atoms with Crippen LogP contribution in [0.15, 0.2) is 27.6 Å². The third-order valence-corrected chi connectivity index (χ3v) is 5.18. The lowest BCUT2D eigenvalue weighted by Gasteiger charge is -2.11. The summed E-state index contributed by atoms with van der Waals surface area (Å²) in [4.78, 5) is 10.9. The second-order valence-corrected chi connectivity index (χ2v) is 6.37. The summed E-state index contributed by atoms with van der Waals surface area (Å²) in [7, 11) is -3.76. The Hall–Kier alpha value is -1.08. The second-order valence-electron chi connectivity index (χ2n) is 3.28. The van der Waals surface area contributed by atoms with E-state index in [0.717, 1.165) is 0 Å². The van der Waals surface area contributed by atoms with Crippen LogP contribution in [0.3, 0.4) is 0 Å². The Morgan fingerprint density at radius 2 is 2.00 bits per heavy atom. The van der Waals surface area contributed by atoms with Crippen molar-refractivity contribution in [2.24, 2.45) is 5.73 Å². The fourth-order valence-corrected chi connectivity index (χ4v) is 3.44. The van der Waals surface area contributed by atoms with Gasteiger partial charge in [-0.05, 0) is 41.1 Å². The number of nitrogens with two attached hydrogens (primary N) is 2. The fourth-order valence-electron chi connectivity index (χ4n) is 1.09. The van der Waals surface area contributed by atoms with Gasteiger partial charge in [-0.3, -0.25) is 4.79 Å². The van der Waals surface area contributed by atoms with Crippen LogP contribution in [0.5, 0.6) is 0 Å². The van der Waals surface area contributed by atoms with Crippen LogP contribution >= 0.6 is 15.9 Å². The maximum absolute atomic E-state index is 11.9. The highest BCUT2D eigenvalue weighted by Gasteiger charge is 2.29. The summed E-state index contributed by atoms with van der Waals surface area (Å²) in [5, 5.41) is -1.27. The van der Waals surface area contributed by atoms with Gasteiger partial charge in [0.2, 0.25) is 5.91 Å². The van der Waals surface area contributed by atoms with E-state index >= 15 is 0 Å². The first-order valence-corrected chi connectivity index (χ1v) is 6.69. The first kappa shape index (κ1) is 13.0. The van der Waals surface area contributed by atoms with E-state index in [-0.39, 0.29) is 4.90 Å². The highest BCUT2D eigenvalue weighted by molar-refractivity contribution is 9.10. The molecule has 0 saturated carbocycles. The van der Waals surface area contributed by atoms with Crippen LogP contribution in [0.1, 0.15) is 6.92 Å². The number of amides is 1. The molecule has 0 aliphatic rings. The second kappa shape index (κ2) is 4.42. The summed E-state index contributed by atoms with van der Waals surface area (Å²) in [6, 6.07) is 4.25. The maximum atomic E-state index is 11.9. The molecule has 0 aliphatic carbocycles. The molecule has 0 radical (unpaired) electrons. The SMILES string of the molecule is CC(C(N)=O)S(=O)(=O)c1ccc(N)cc1Br. The van der Waals surface area contributed by atoms with Crippen molar-refractivity contribution in [2.45, 2.75) is 17.1 Å². The molecule has 0 aromatic heterocycles. The number of hydrogen-bond acceptors (Lipinski definition) is 4. The molecule has 7 heteroatoms. The van der Waals surface area contributed by atoms with Crippen LogP contribution in [-0.2, 0) is 14.6 Å². The molecule has 0 fully saturated rings. The molecule has 1 aromatic carbocycles. The van der Waals surface area contributed by atoms with Crippen LogP contribution < -0.4 is 11.5 Å². The lowest BCUT2D eigenvalue weighted by molar-refractivity contribution is -0.117. The number of nitrogen functional groups attached to an aromatic ring is 1. The molecule has 0 spiro atoms. The summed E-state index contributed by atoms with van der Waals surface area (Å²) in [6.07, 6.45) is 0. The van der Waals surface area contributed by atoms with Crippen molar-refractivity contribution < 1.29 is 13.2 Å². The number of rotatable bonds is 3. The quantitative estimate of drug-likeness (QED) is 0.801. The number of benzene rings is 1. The monoisotopic (exact) mass is 306 g/mol. The fraction of sp³-hybridized carbons (Fsp3) is 0.222. The van der Waals surface area contributed by atoms with Crippen LogP contribution in [0.4, 0.5) is 5.69 Å². The van der Waals surface area contributed by atoms with Gasteiger partial charge >= 0.3 is 0 Å². The number of anilines is 1. The van der Waals surface area contributed by atoms with Crippen molar-refractivity contribution in [3.63, 3.8) is 0 Å². The van der Waals surface area contributed by atoms with Crippen LogP contribution in [0, 0.1) is 0 Å². The van der Waals surface area contributed by atoms with E-state index in [4.69, 9.17) is 11.5 Å². The van der Waals surface area contributed by atoms with Gasteiger partial charge in [0, 0.05) is 10.2 Å². The van der Waals surface area contributed by atoms with Crippen molar-refractivity contribution >= 4 is 37.4 Å². The summed E-state index contributed by atoms with van der Waals surface area (Å²) in [6.45, 7) is 1.25. The molecule has 1 amide bonds. The molecule has 0 saturated heterocycles. The van der Waals surface area contributed by atoms with Gasteiger partial charge in [-0.2, -0.15) is 0 Å². The molecule has 0 bridgehead atoms. The Morgan fingerprint density at radius 1 is 1.44 bits per heavy atom. The Bertz CT molecular complexity index is 528. The summed E-state index contributed by atoms with van der Waals surface area (Å²) in [5.41, 5.74) is 10.9. The van der Waals surface area contributed by atoms with E-state index in [2.05, 4.69) is 15.9 Å². The molecule has 88 valence electrons. The Morgan fingerprint density at radius 3 is 2.44 bits per heavy atom. The highest BCUT2D eigenvalue weighted by Crippen LogP contribution is 2.27. The van der Waals surface area contributed by atoms with Crippen LogP contribution in [0.25, 0.3) is 0 Å². The zero-order valence-corrected chi connectivity index (χ0v) is 10.9. The number of carbonyl (C=O) groups excluding carboxylic acids is 1. The van der Waals surface area contributed by atoms with Crippen molar-refractivity contribution in [3.05, 3.63) is 22.7 Å². The topological polar surface area (TPSA) is 103 Å².